The van der Waals surface area contributed by atoms with Gasteiger partial charge in [0.25, 0.3) is 0 Å². The molecule has 1 nitrogen and oxygen atoms in total. The minimum absolute atomic E-state index is 0.490. The maximum Gasteiger partial charge on any atom is 0.105 e. The summed E-state index contributed by atoms with van der Waals surface area (Å²) >= 11 is 1.61. The van der Waals surface area contributed by atoms with Crippen molar-refractivity contribution in [3.63, 3.8) is 0 Å². The van der Waals surface area contributed by atoms with Crippen LogP contribution in [0.3, 0.4) is 0 Å². The zero-order valence-corrected chi connectivity index (χ0v) is 9.71. The Hall–Kier alpha value is -1.12. The van der Waals surface area contributed by atoms with E-state index in [1.54, 1.807) is 11.3 Å². The van der Waals surface area contributed by atoms with Gasteiger partial charge in [0.1, 0.15) is 6.10 Å². The van der Waals surface area contributed by atoms with Crippen LogP contribution in [0.15, 0.2) is 35.0 Å². The van der Waals surface area contributed by atoms with Crippen LogP contribution in [0, 0.1) is 13.8 Å². The number of aryl methyl sites for hydroxylation is 1. The standard InChI is InChI=1S/C13H14OS/c1-9-4-3-5-12(10(9)2)13(14)11-6-7-15-8-11/h3-8,13-14H,1-2H3. The highest BCUT2D eigenvalue weighted by Gasteiger charge is 2.13. The van der Waals surface area contributed by atoms with Crippen LogP contribution in [-0.2, 0) is 0 Å². The fourth-order valence-electron chi connectivity index (χ4n) is 1.68. The second-order valence-corrected chi connectivity index (χ2v) is 4.53. The minimum Gasteiger partial charge on any atom is -0.384 e. The molecular formula is C13H14OS. The molecule has 0 radical (unpaired) electrons. The molecule has 2 rings (SSSR count). The third kappa shape index (κ3) is 1.96. The highest BCUT2D eigenvalue weighted by Crippen LogP contribution is 2.27. The first-order valence-corrected chi connectivity index (χ1v) is 5.90. The lowest BCUT2D eigenvalue weighted by Gasteiger charge is -2.14. The van der Waals surface area contributed by atoms with E-state index in [1.807, 2.05) is 29.0 Å². The van der Waals surface area contributed by atoms with E-state index >= 15 is 0 Å². The molecule has 1 unspecified atom stereocenters. The third-order valence-electron chi connectivity index (χ3n) is 2.80. The molecule has 1 aromatic heterocycles. The lowest BCUT2D eigenvalue weighted by Crippen LogP contribution is -2.01. The molecule has 0 aliphatic heterocycles. The maximum absolute atomic E-state index is 10.2. The average Bonchev–Trinajstić information content (AvgIpc) is 2.74. The molecule has 1 aromatic carbocycles. The second-order valence-electron chi connectivity index (χ2n) is 3.75. The van der Waals surface area contributed by atoms with Crippen molar-refractivity contribution < 1.29 is 5.11 Å². The summed E-state index contributed by atoms with van der Waals surface area (Å²) in [6.07, 6.45) is -0.490. The van der Waals surface area contributed by atoms with Gasteiger partial charge in [0, 0.05) is 0 Å². The van der Waals surface area contributed by atoms with Crippen molar-refractivity contribution >= 4 is 11.3 Å². The Kier molecular flexibility index (Phi) is 2.89. The van der Waals surface area contributed by atoms with Crippen molar-refractivity contribution in [2.75, 3.05) is 0 Å². The number of aliphatic hydroxyl groups is 1. The predicted octanol–water partition coefficient (Wildman–Crippen LogP) is 3.45. The molecule has 1 heterocycles. The van der Waals surface area contributed by atoms with Gasteiger partial charge in [-0.3, -0.25) is 0 Å². The second kappa shape index (κ2) is 4.17. The third-order valence-corrected chi connectivity index (χ3v) is 3.50. The first kappa shape index (κ1) is 10.4. The van der Waals surface area contributed by atoms with Crippen LogP contribution in [0.2, 0.25) is 0 Å². The fourth-order valence-corrected chi connectivity index (χ4v) is 2.36. The van der Waals surface area contributed by atoms with Crippen molar-refractivity contribution in [3.8, 4) is 0 Å². The molecule has 0 aliphatic carbocycles. The molecule has 0 saturated heterocycles. The molecule has 0 aliphatic rings. The zero-order valence-electron chi connectivity index (χ0n) is 8.90. The largest absolute Gasteiger partial charge is 0.384 e. The summed E-state index contributed by atoms with van der Waals surface area (Å²) in [5.74, 6) is 0. The number of thiophene rings is 1. The summed E-state index contributed by atoms with van der Waals surface area (Å²) in [6.45, 7) is 4.12. The maximum atomic E-state index is 10.2. The molecule has 15 heavy (non-hydrogen) atoms. The van der Waals surface area contributed by atoms with E-state index in [1.165, 1.54) is 11.1 Å². The zero-order chi connectivity index (χ0) is 10.8. The van der Waals surface area contributed by atoms with E-state index in [0.717, 1.165) is 11.1 Å². The van der Waals surface area contributed by atoms with Gasteiger partial charge in [-0.2, -0.15) is 11.3 Å². The van der Waals surface area contributed by atoms with Crippen molar-refractivity contribution in [2.45, 2.75) is 20.0 Å². The quantitative estimate of drug-likeness (QED) is 0.818. The molecule has 2 heteroatoms. The number of rotatable bonds is 2. The molecule has 1 atom stereocenters. The Balaban J connectivity index is 2.42. The number of aliphatic hydroxyl groups excluding tert-OH is 1. The minimum atomic E-state index is -0.490. The molecule has 2 aromatic rings. The Bertz CT molecular complexity index is 446. The molecule has 0 amide bonds. The van der Waals surface area contributed by atoms with Crippen molar-refractivity contribution in [1.29, 1.82) is 0 Å². The smallest absolute Gasteiger partial charge is 0.105 e. The molecule has 1 N–H and O–H groups in total. The van der Waals surface area contributed by atoms with Crippen LogP contribution in [-0.4, -0.2) is 5.11 Å². The normalized spacial score (nSPS) is 12.7. The summed E-state index contributed by atoms with van der Waals surface area (Å²) < 4.78 is 0. The Morgan fingerprint density at radius 1 is 1.20 bits per heavy atom. The average molecular weight is 218 g/mol. The summed E-state index contributed by atoms with van der Waals surface area (Å²) in [4.78, 5) is 0. The lowest BCUT2D eigenvalue weighted by atomic mass is 9.96. The van der Waals surface area contributed by atoms with Crippen molar-refractivity contribution in [3.05, 3.63) is 57.3 Å². The monoisotopic (exact) mass is 218 g/mol. The summed E-state index contributed by atoms with van der Waals surface area (Å²) in [7, 11) is 0. The van der Waals surface area contributed by atoms with Gasteiger partial charge in [0.15, 0.2) is 0 Å². The van der Waals surface area contributed by atoms with Gasteiger partial charge >= 0.3 is 0 Å². The highest BCUT2D eigenvalue weighted by atomic mass is 32.1. The Labute approximate surface area is 94.0 Å². The Morgan fingerprint density at radius 3 is 2.67 bits per heavy atom. The van der Waals surface area contributed by atoms with Crippen LogP contribution in [0.25, 0.3) is 0 Å². The SMILES string of the molecule is Cc1cccc(C(O)c2ccsc2)c1C. The molecule has 0 spiro atoms. The molecular weight excluding hydrogens is 204 g/mol. The van der Waals surface area contributed by atoms with Crippen LogP contribution in [0.5, 0.6) is 0 Å². The van der Waals surface area contributed by atoms with Crippen molar-refractivity contribution in [2.24, 2.45) is 0 Å². The van der Waals surface area contributed by atoms with Crippen LogP contribution in [0.1, 0.15) is 28.4 Å². The van der Waals surface area contributed by atoms with E-state index in [9.17, 15) is 5.11 Å². The van der Waals surface area contributed by atoms with Gasteiger partial charge < -0.3 is 5.11 Å². The van der Waals surface area contributed by atoms with E-state index in [2.05, 4.69) is 19.9 Å². The van der Waals surface area contributed by atoms with Crippen LogP contribution >= 0.6 is 11.3 Å². The van der Waals surface area contributed by atoms with E-state index in [-0.39, 0.29) is 0 Å². The first-order valence-electron chi connectivity index (χ1n) is 4.96. The topological polar surface area (TPSA) is 20.2 Å². The summed E-state index contributed by atoms with van der Waals surface area (Å²) in [5, 5.41) is 14.2. The molecule has 0 bridgehead atoms. The Morgan fingerprint density at radius 2 is 2.00 bits per heavy atom. The van der Waals surface area contributed by atoms with Crippen LogP contribution < -0.4 is 0 Å². The van der Waals surface area contributed by atoms with Gasteiger partial charge in [-0.1, -0.05) is 18.2 Å². The summed E-state index contributed by atoms with van der Waals surface area (Å²) in [5.41, 5.74) is 4.39. The van der Waals surface area contributed by atoms with Crippen molar-refractivity contribution in [1.82, 2.24) is 0 Å². The van der Waals surface area contributed by atoms with Gasteiger partial charge in [0.2, 0.25) is 0 Å². The van der Waals surface area contributed by atoms with E-state index in [4.69, 9.17) is 0 Å². The molecule has 78 valence electrons. The first-order chi connectivity index (χ1) is 7.20. The predicted molar refractivity (Wildman–Crippen MR) is 64.3 cm³/mol. The number of hydrogen-bond donors (Lipinski definition) is 1. The fraction of sp³-hybridized carbons (Fsp3) is 0.231. The van der Waals surface area contributed by atoms with Gasteiger partial charge in [0.05, 0.1) is 0 Å². The van der Waals surface area contributed by atoms with Crippen LogP contribution in [0.4, 0.5) is 0 Å². The lowest BCUT2D eigenvalue weighted by molar-refractivity contribution is 0.220. The van der Waals surface area contributed by atoms with E-state index < -0.39 is 6.10 Å². The highest BCUT2D eigenvalue weighted by molar-refractivity contribution is 7.07. The number of benzene rings is 1. The number of hydrogen-bond acceptors (Lipinski definition) is 2. The van der Waals surface area contributed by atoms with Gasteiger partial charge in [-0.25, -0.2) is 0 Å². The molecule has 0 fully saturated rings. The molecule has 0 saturated carbocycles. The summed E-state index contributed by atoms with van der Waals surface area (Å²) in [6, 6.07) is 8.02. The van der Waals surface area contributed by atoms with Gasteiger partial charge in [-0.15, -0.1) is 0 Å². The van der Waals surface area contributed by atoms with E-state index in [0.29, 0.717) is 0 Å². The van der Waals surface area contributed by atoms with Gasteiger partial charge in [-0.05, 0) is 52.9 Å².